The number of nitrogens with zero attached hydrogens (tertiary/aromatic N) is 3. The minimum atomic E-state index is -1.62. The van der Waals surface area contributed by atoms with E-state index in [1.807, 2.05) is 0 Å². The molecule has 0 aliphatic carbocycles. The number of benzene rings is 1. The molecule has 0 saturated heterocycles. The molecule has 6 N–H and O–H groups in total. The van der Waals surface area contributed by atoms with Gasteiger partial charge < -0.3 is 41.0 Å². The molecule has 2 aromatic heterocycles. The lowest BCUT2D eigenvalue weighted by molar-refractivity contribution is -0.157. The number of rotatable bonds is 22. The van der Waals surface area contributed by atoms with Gasteiger partial charge in [-0.3, -0.25) is 43.3 Å². The van der Waals surface area contributed by atoms with Gasteiger partial charge in [-0.2, -0.15) is 0 Å². The van der Waals surface area contributed by atoms with Crippen LogP contribution in [0.3, 0.4) is 0 Å². The second kappa shape index (κ2) is 22.3. The summed E-state index contributed by atoms with van der Waals surface area (Å²) >= 11 is 1.48. The molecule has 6 rings (SSSR count). The molecule has 3 aliphatic heterocycles. The summed E-state index contributed by atoms with van der Waals surface area (Å²) in [6.07, 6.45) is 4.96. The summed E-state index contributed by atoms with van der Waals surface area (Å²) in [5, 5.41) is 24.5. The summed E-state index contributed by atoms with van der Waals surface area (Å²) in [6.45, 7) is 6.31. The van der Waals surface area contributed by atoms with Crippen LogP contribution >= 0.6 is 11.8 Å². The van der Waals surface area contributed by atoms with Crippen molar-refractivity contribution in [2.45, 2.75) is 123 Å². The highest BCUT2D eigenvalue weighted by molar-refractivity contribution is 7.99. The van der Waals surface area contributed by atoms with Gasteiger partial charge in [-0.1, -0.05) is 12.8 Å². The molecular weight excluding hydrogens is 892 g/mol. The number of aromatic nitrogens is 2. The minimum absolute atomic E-state index is 0.0945. The molecule has 67 heavy (non-hydrogen) atoms. The summed E-state index contributed by atoms with van der Waals surface area (Å²) in [4.78, 5) is 118. The second-order valence-corrected chi connectivity index (χ2v) is 17.9. The Morgan fingerprint density at radius 3 is 2.16 bits per heavy atom. The molecule has 7 amide bonds. The Kier molecular flexibility index (Phi) is 16.7. The number of hydrogen-bond acceptors (Lipinski definition) is 13. The molecule has 0 saturated carbocycles. The summed E-state index contributed by atoms with van der Waals surface area (Å²) in [5.74, 6) is -3.17. The number of aliphatic hydroxyl groups is 1. The predicted molar refractivity (Wildman–Crippen MR) is 243 cm³/mol. The zero-order valence-corrected chi connectivity index (χ0v) is 38.6. The predicted octanol–water partition coefficient (Wildman–Crippen LogP) is 1.95. The maximum Gasteiger partial charge on any atom is 0.340 e. The fraction of sp³-hybridized carbons (Fsp3) is 0.478. The van der Waals surface area contributed by atoms with E-state index in [0.717, 1.165) is 17.7 Å². The molecular formula is C46H55FN8O11S. The van der Waals surface area contributed by atoms with E-state index in [1.54, 1.807) is 19.1 Å². The number of aliphatic hydroxyl groups excluding tert-OH is 1. The first kappa shape index (κ1) is 49.9. The van der Waals surface area contributed by atoms with Crippen molar-refractivity contribution >= 4 is 70.0 Å². The molecule has 3 aromatic rings. The first-order valence-electron chi connectivity index (χ1n) is 22.2. The number of cyclic esters (lactones) is 1. The van der Waals surface area contributed by atoms with E-state index in [4.69, 9.17) is 9.72 Å². The molecule has 19 nitrogen and oxygen atoms in total. The molecule has 358 valence electrons. The summed E-state index contributed by atoms with van der Waals surface area (Å²) < 4.78 is 21.2. The number of hydrogen-bond donors (Lipinski definition) is 6. The van der Waals surface area contributed by atoms with Crippen LogP contribution in [-0.4, -0.2) is 103 Å². The third-order valence-corrected chi connectivity index (χ3v) is 12.7. The Morgan fingerprint density at radius 2 is 1.46 bits per heavy atom. The average Bonchev–Trinajstić information content (AvgIpc) is 3.82. The molecule has 0 unspecified atom stereocenters. The van der Waals surface area contributed by atoms with Crippen LogP contribution in [0, 0.1) is 12.7 Å². The van der Waals surface area contributed by atoms with Gasteiger partial charge in [0, 0.05) is 60.7 Å². The van der Waals surface area contributed by atoms with Gasteiger partial charge in [-0.15, -0.1) is 11.8 Å². The third-order valence-electron chi connectivity index (χ3n) is 11.8. The number of amides is 7. The lowest BCUT2D eigenvalue weighted by Crippen LogP contribution is -2.54. The van der Waals surface area contributed by atoms with Crippen LogP contribution in [0.2, 0.25) is 0 Å². The molecule has 0 bridgehead atoms. The molecule has 0 spiro atoms. The van der Waals surface area contributed by atoms with Gasteiger partial charge in [0.2, 0.25) is 29.5 Å². The van der Waals surface area contributed by atoms with Crippen LogP contribution in [-0.2, 0) is 62.8 Å². The van der Waals surface area contributed by atoms with E-state index >= 15 is 0 Å². The van der Waals surface area contributed by atoms with Crippen molar-refractivity contribution in [1.29, 1.82) is 0 Å². The number of thioether (sulfide) groups is 1. The zero-order valence-electron chi connectivity index (χ0n) is 37.8. The number of nitrogens with one attached hydrogen (secondary N) is 5. The van der Waals surface area contributed by atoms with Crippen molar-refractivity contribution in [2.24, 2.45) is 0 Å². The van der Waals surface area contributed by atoms with E-state index in [-0.39, 0.29) is 79.7 Å². The number of aryl methyl sites for hydroxylation is 1. The van der Waals surface area contributed by atoms with Gasteiger partial charge in [0.15, 0.2) is 6.10 Å². The van der Waals surface area contributed by atoms with Gasteiger partial charge in [0.05, 0.1) is 34.9 Å². The molecule has 3 aliphatic rings. The fourth-order valence-electron chi connectivity index (χ4n) is 7.90. The highest BCUT2D eigenvalue weighted by atomic mass is 32.2. The number of imide groups is 1. The number of esters is 1. The van der Waals surface area contributed by atoms with Gasteiger partial charge >= 0.3 is 5.97 Å². The van der Waals surface area contributed by atoms with Crippen LogP contribution in [0.25, 0.3) is 22.3 Å². The van der Waals surface area contributed by atoms with E-state index in [2.05, 4.69) is 26.6 Å². The van der Waals surface area contributed by atoms with Crippen LogP contribution in [0.15, 0.2) is 35.1 Å². The van der Waals surface area contributed by atoms with Gasteiger partial charge in [-0.05, 0) is 82.4 Å². The van der Waals surface area contributed by atoms with E-state index < -0.39 is 59.3 Å². The smallest absolute Gasteiger partial charge is 0.340 e. The first-order chi connectivity index (χ1) is 31.9. The monoisotopic (exact) mass is 946 g/mol. The standard InChI is InChI=1S/C46H55FN8O11S/c1-24-17-28-30(31-21-55-35(40(31)53-34(28)19-33(24)47)18-29-32(45(55)64)22-66-46(65)41(29)60)20-48-36(56)11-8-6-10-16-67-23-49-42(61)25(2)51-44(63)27(4)52-43(62)26(3)50-37(57)12-7-5-9-15-54-38(58)13-14-39(54)59/h13-14,17-19,25-27,41,60H,5-12,15-16,20-23H2,1-4H3,(H,48,56)(H,49,61)(H,50,57)(H,51,63)(H,52,62)/t25-,26-,27+,41-/m0/s1. The number of carbonyl (C=O) groups is 8. The zero-order chi connectivity index (χ0) is 48.5. The van der Waals surface area contributed by atoms with E-state index in [1.165, 1.54) is 55.3 Å². The van der Waals surface area contributed by atoms with Gasteiger partial charge in [-0.25, -0.2) is 14.2 Å². The summed E-state index contributed by atoms with van der Waals surface area (Å²) in [5.41, 5.74) is 2.74. The Labute approximate surface area is 389 Å². The van der Waals surface area contributed by atoms with Crippen molar-refractivity contribution in [2.75, 3.05) is 18.2 Å². The van der Waals surface area contributed by atoms with E-state index in [9.17, 15) is 52.6 Å². The number of pyridine rings is 2. The molecule has 0 fully saturated rings. The SMILES string of the molecule is Cc1cc2c(CNC(=O)CCCCCSCNC(=O)[C@H](C)NC(=O)[C@@H](C)NC(=O)[C@H](C)NC(=O)CCCCCN3C(=O)C=CC3=O)c3c(nc2cc1F)-c1cc2c(c(=O)n1C3)COC(=O)[C@H]2O. The Balaban J connectivity index is 0.856. The van der Waals surface area contributed by atoms with Gasteiger partial charge in [0.25, 0.3) is 17.4 Å². The Bertz CT molecular complexity index is 2560. The molecule has 4 atom stereocenters. The summed E-state index contributed by atoms with van der Waals surface area (Å²) in [6, 6.07) is 1.72. The lowest BCUT2D eigenvalue weighted by atomic mass is 9.97. The summed E-state index contributed by atoms with van der Waals surface area (Å²) in [7, 11) is 0. The Morgan fingerprint density at radius 1 is 0.821 bits per heavy atom. The third kappa shape index (κ3) is 12.1. The lowest BCUT2D eigenvalue weighted by Gasteiger charge is -2.21. The molecule has 21 heteroatoms. The number of fused-ring (bicyclic) bond motifs is 5. The van der Waals surface area contributed by atoms with Crippen LogP contribution in [0.1, 0.15) is 106 Å². The topological polar surface area (TPSA) is 264 Å². The quantitative estimate of drug-likeness (QED) is 0.0285. The fourth-order valence-corrected chi connectivity index (χ4v) is 8.70. The molecule has 1 aromatic carbocycles. The van der Waals surface area contributed by atoms with Crippen LogP contribution < -0.4 is 32.1 Å². The molecule has 0 radical (unpaired) electrons. The van der Waals surface area contributed by atoms with Crippen molar-refractivity contribution in [1.82, 2.24) is 41.0 Å². The number of carbonyl (C=O) groups excluding carboxylic acids is 8. The maximum atomic E-state index is 14.8. The minimum Gasteiger partial charge on any atom is -0.458 e. The van der Waals surface area contributed by atoms with Crippen molar-refractivity contribution in [3.63, 3.8) is 0 Å². The second-order valence-electron chi connectivity index (χ2n) is 16.8. The van der Waals surface area contributed by atoms with Crippen LogP contribution in [0.4, 0.5) is 4.39 Å². The largest absolute Gasteiger partial charge is 0.458 e. The number of unbranched alkanes of at least 4 members (excludes halogenated alkanes) is 4. The number of ether oxygens (including phenoxy) is 1. The van der Waals surface area contributed by atoms with Gasteiger partial charge in [0.1, 0.15) is 30.5 Å². The normalized spacial score (nSPS) is 16.1. The molecule has 5 heterocycles. The van der Waals surface area contributed by atoms with Crippen molar-refractivity contribution in [3.8, 4) is 11.4 Å². The highest BCUT2D eigenvalue weighted by Crippen LogP contribution is 2.38. The van der Waals surface area contributed by atoms with E-state index in [0.29, 0.717) is 70.4 Å². The number of halogens is 1. The van der Waals surface area contributed by atoms with Crippen LogP contribution in [0.5, 0.6) is 0 Å². The maximum absolute atomic E-state index is 14.8. The van der Waals surface area contributed by atoms with Crippen molar-refractivity contribution < 1.29 is 52.6 Å². The highest BCUT2D eigenvalue weighted by Gasteiger charge is 2.35. The first-order valence-corrected chi connectivity index (χ1v) is 23.4. The van der Waals surface area contributed by atoms with Crippen molar-refractivity contribution in [3.05, 3.63) is 74.3 Å². The Hall–Kier alpha value is -6.48. The average molecular weight is 947 g/mol.